The minimum atomic E-state index is -2.03. The van der Waals surface area contributed by atoms with E-state index in [4.69, 9.17) is 19.9 Å². The van der Waals surface area contributed by atoms with E-state index in [0.29, 0.717) is 17.8 Å². The van der Waals surface area contributed by atoms with E-state index in [2.05, 4.69) is 140 Å². The van der Waals surface area contributed by atoms with Gasteiger partial charge in [0, 0.05) is 6.42 Å². The molecule has 0 heterocycles. The van der Waals surface area contributed by atoms with Crippen LogP contribution in [0.4, 0.5) is 0 Å². The number of allylic oxidation sites excluding steroid dienone is 4. The number of carbonyl (C=O) groups excluding carboxylic acids is 1. The van der Waals surface area contributed by atoms with Crippen LogP contribution in [-0.4, -0.2) is 49.6 Å². The quantitative estimate of drug-likeness (QED) is 0.112. The Morgan fingerprint density at radius 1 is 0.792 bits per heavy atom. The smallest absolute Gasteiger partial charge is 0.192 e. The van der Waals surface area contributed by atoms with Gasteiger partial charge in [-0.15, -0.1) is 0 Å². The van der Waals surface area contributed by atoms with Gasteiger partial charge in [-0.05, 0) is 140 Å². The fourth-order valence-electron chi connectivity index (χ4n) is 8.77. The Bertz CT molecular complexity index is 1430. The van der Waals surface area contributed by atoms with Gasteiger partial charge in [0.25, 0.3) is 0 Å². The molecular weight excluding hydrogens is 701 g/mol. The SMILES string of the molecule is C=C1/C(=C\C=C2/CCC[C@@]3(C)C2CCC3[C@H](C)/C=C/C(O[Si](C)(C)C(C)(C)C)C2(C=O)CC2)CC(O[Si](C)(C)C(C)(C)C)CC1O[Si](C)(C)C(C)(C)C. The first-order chi connectivity index (χ1) is 24.0. The maximum atomic E-state index is 12.3. The summed E-state index contributed by atoms with van der Waals surface area (Å²) in [6.45, 7) is 44.8. The predicted molar refractivity (Wildman–Crippen MR) is 235 cm³/mol. The topological polar surface area (TPSA) is 44.8 Å². The molecule has 302 valence electrons. The van der Waals surface area contributed by atoms with Crippen LogP contribution in [0.15, 0.2) is 47.6 Å². The summed E-state index contributed by atoms with van der Waals surface area (Å²) in [5.74, 6) is 1.66. The zero-order chi connectivity index (χ0) is 40.2. The molecule has 4 aliphatic carbocycles. The van der Waals surface area contributed by atoms with Crippen molar-refractivity contribution in [2.45, 2.75) is 207 Å². The number of carbonyl (C=O) groups is 1. The first-order valence-electron chi connectivity index (χ1n) is 21.3. The summed E-state index contributed by atoms with van der Waals surface area (Å²) in [6, 6.07) is 0. The zero-order valence-electron chi connectivity index (χ0n) is 37.6. The molecule has 0 radical (unpaired) electrons. The van der Waals surface area contributed by atoms with Crippen molar-refractivity contribution < 1.29 is 18.1 Å². The van der Waals surface area contributed by atoms with Crippen LogP contribution in [-0.2, 0) is 18.1 Å². The lowest BCUT2D eigenvalue weighted by Crippen LogP contribution is -2.49. The molecule has 7 atom stereocenters. The zero-order valence-corrected chi connectivity index (χ0v) is 40.6. The molecule has 7 heteroatoms. The molecule has 0 aromatic carbocycles. The Balaban J connectivity index is 1.58. The van der Waals surface area contributed by atoms with Crippen molar-refractivity contribution >= 4 is 31.2 Å². The maximum absolute atomic E-state index is 12.3. The minimum Gasteiger partial charge on any atom is -0.413 e. The van der Waals surface area contributed by atoms with Gasteiger partial charge in [0.2, 0.25) is 0 Å². The van der Waals surface area contributed by atoms with E-state index in [0.717, 1.165) is 25.7 Å². The Hall–Kier alpha value is -0.839. The van der Waals surface area contributed by atoms with E-state index >= 15 is 0 Å². The van der Waals surface area contributed by atoms with E-state index < -0.39 is 25.0 Å². The van der Waals surface area contributed by atoms with Gasteiger partial charge in [-0.25, -0.2) is 0 Å². The van der Waals surface area contributed by atoms with E-state index in [1.54, 1.807) is 5.57 Å². The van der Waals surface area contributed by atoms with E-state index in [-0.39, 0.29) is 44.3 Å². The third-order valence-corrected chi connectivity index (χ3v) is 29.3. The Morgan fingerprint density at radius 3 is 1.89 bits per heavy atom. The third-order valence-electron chi connectivity index (χ3n) is 15.9. The summed E-state index contributed by atoms with van der Waals surface area (Å²) in [7, 11) is -6.00. The second-order valence-electron chi connectivity index (χ2n) is 22.8. The number of hydrogen-bond donors (Lipinski definition) is 0. The van der Waals surface area contributed by atoms with Crippen molar-refractivity contribution in [1.29, 1.82) is 0 Å². The van der Waals surface area contributed by atoms with Crippen LogP contribution in [0.5, 0.6) is 0 Å². The normalized spacial score (nSPS) is 31.6. The molecule has 0 aliphatic heterocycles. The molecule has 53 heavy (non-hydrogen) atoms. The molecule has 0 N–H and O–H groups in total. The highest BCUT2D eigenvalue weighted by Gasteiger charge is 2.54. The van der Waals surface area contributed by atoms with Gasteiger partial charge in [-0.2, -0.15) is 0 Å². The average Bonchev–Trinajstić information content (AvgIpc) is 3.72. The summed E-state index contributed by atoms with van der Waals surface area (Å²) >= 11 is 0. The molecule has 0 bridgehead atoms. The van der Waals surface area contributed by atoms with Crippen molar-refractivity contribution in [2.75, 3.05) is 0 Å². The van der Waals surface area contributed by atoms with Gasteiger partial charge < -0.3 is 18.1 Å². The molecule has 0 amide bonds. The van der Waals surface area contributed by atoms with Gasteiger partial charge in [0.05, 0.1) is 23.7 Å². The van der Waals surface area contributed by atoms with Gasteiger partial charge in [-0.3, -0.25) is 0 Å². The largest absolute Gasteiger partial charge is 0.413 e. The maximum Gasteiger partial charge on any atom is 0.192 e. The molecule has 4 aliphatic rings. The molecular formula is C46H82O4Si3. The molecule has 4 fully saturated rings. The highest BCUT2D eigenvalue weighted by molar-refractivity contribution is 6.75. The lowest BCUT2D eigenvalue weighted by molar-refractivity contribution is -0.114. The summed E-state index contributed by atoms with van der Waals surface area (Å²) in [4.78, 5) is 12.3. The van der Waals surface area contributed by atoms with Crippen molar-refractivity contribution in [3.63, 3.8) is 0 Å². The monoisotopic (exact) mass is 783 g/mol. The van der Waals surface area contributed by atoms with E-state index in [1.165, 1.54) is 49.5 Å². The summed E-state index contributed by atoms with van der Waals surface area (Å²) < 4.78 is 21.2. The van der Waals surface area contributed by atoms with Crippen LogP contribution in [0.3, 0.4) is 0 Å². The van der Waals surface area contributed by atoms with E-state index in [1.807, 2.05) is 0 Å². The molecule has 4 rings (SSSR count). The Labute approximate surface area is 330 Å². The fourth-order valence-corrected chi connectivity index (χ4v) is 12.7. The average molecular weight is 783 g/mol. The number of hydrogen-bond acceptors (Lipinski definition) is 4. The first-order valence-corrected chi connectivity index (χ1v) is 30.0. The van der Waals surface area contributed by atoms with Gasteiger partial charge in [0.1, 0.15) is 6.29 Å². The van der Waals surface area contributed by atoms with Crippen LogP contribution < -0.4 is 0 Å². The van der Waals surface area contributed by atoms with Gasteiger partial charge in [-0.1, -0.05) is 113 Å². The van der Waals surface area contributed by atoms with Crippen molar-refractivity contribution in [1.82, 2.24) is 0 Å². The van der Waals surface area contributed by atoms with Crippen LogP contribution in [0.1, 0.15) is 134 Å². The molecule has 0 spiro atoms. The molecule has 0 saturated heterocycles. The fraction of sp³-hybridized carbons (Fsp3) is 0.804. The Morgan fingerprint density at radius 2 is 1.36 bits per heavy atom. The second-order valence-corrected chi connectivity index (χ2v) is 37.0. The Kier molecular flexibility index (Phi) is 13.1. The van der Waals surface area contributed by atoms with Crippen molar-refractivity contribution in [3.05, 3.63) is 47.6 Å². The highest BCUT2D eigenvalue weighted by atomic mass is 28.4. The number of rotatable bonds is 12. The second kappa shape index (κ2) is 15.5. The summed E-state index contributed by atoms with van der Waals surface area (Å²) in [5, 5.41) is 0.404. The molecule has 4 nitrogen and oxygen atoms in total. The number of aldehydes is 1. The molecule has 0 aromatic heterocycles. The summed E-state index contributed by atoms with van der Waals surface area (Å²) in [5.41, 5.74) is 4.07. The van der Waals surface area contributed by atoms with Crippen molar-refractivity contribution in [2.24, 2.45) is 28.6 Å². The lowest BCUT2D eigenvalue weighted by atomic mass is 9.61. The molecule has 4 saturated carbocycles. The van der Waals surface area contributed by atoms with Crippen LogP contribution in [0, 0.1) is 28.6 Å². The van der Waals surface area contributed by atoms with Crippen molar-refractivity contribution in [3.8, 4) is 0 Å². The van der Waals surface area contributed by atoms with Crippen LogP contribution in [0.2, 0.25) is 54.4 Å². The van der Waals surface area contributed by atoms with Crippen LogP contribution >= 0.6 is 0 Å². The number of fused-ring (bicyclic) bond motifs is 1. The highest BCUT2D eigenvalue weighted by Crippen LogP contribution is 2.60. The predicted octanol–water partition coefficient (Wildman–Crippen LogP) is 13.7. The first kappa shape index (κ1) is 44.9. The summed E-state index contributed by atoms with van der Waals surface area (Å²) in [6.07, 6.45) is 20.9. The van der Waals surface area contributed by atoms with Gasteiger partial charge in [0.15, 0.2) is 25.0 Å². The third kappa shape index (κ3) is 9.66. The standard InChI is InChI=1S/C46H82O4Si3/c1-33(21-26-41(46(32-47)28-29-46)50-53(17,18)44(9,10)11)38-24-25-39-35(20-19-27-45(38,39)12)22-23-36-30-37(48-51(13,14)42(3,4)5)31-40(34(36)2)49-52(15,16)43(6,7)8/h21-23,26,32-33,37-41H,2,19-20,24-25,27-31H2,1,3-18H3/b26-21+,35-22+,36-23-/t33-,37?,38?,39?,40?,41?,45-/m1/s1. The lowest BCUT2D eigenvalue weighted by Gasteiger charge is -2.45. The molecule has 0 aromatic rings. The minimum absolute atomic E-state index is 0.00242. The molecule has 5 unspecified atom stereocenters. The van der Waals surface area contributed by atoms with Gasteiger partial charge >= 0.3 is 0 Å². The van der Waals surface area contributed by atoms with Crippen LogP contribution in [0.25, 0.3) is 0 Å². The van der Waals surface area contributed by atoms with E-state index in [9.17, 15) is 4.79 Å².